The molecule has 0 aliphatic carbocycles. The molecule has 0 bridgehead atoms. The monoisotopic (exact) mass is 495 g/mol. The van der Waals surface area contributed by atoms with Crippen LogP contribution in [0.15, 0.2) is 34.8 Å². The first-order chi connectivity index (χ1) is 12.4. The summed E-state index contributed by atoms with van der Waals surface area (Å²) in [7, 11) is 0. The van der Waals surface area contributed by atoms with E-state index in [4.69, 9.17) is 32.7 Å². The molecular weight excluding hydrogens is 472 g/mol. The minimum Gasteiger partial charge on any atom is -0.490 e. The highest BCUT2D eigenvalue weighted by Gasteiger charge is 2.14. The van der Waals surface area contributed by atoms with Crippen LogP contribution in [0, 0.1) is 0 Å². The molecule has 0 saturated carbocycles. The Morgan fingerprint density at radius 2 is 1.85 bits per heavy atom. The van der Waals surface area contributed by atoms with Crippen molar-refractivity contribution in [2.24, 2.45) is 0 Å². The van der Waals surface area contributed by atoms with Crippen LogP contribution in [-0.2, 0) is 13.2 Å². The average Bonchev–Trinajstić information content (AvgIpc) is 2.60. The van der Waals surface area contributed by atoms with Gasteiger partial charge in [0.25, 0.3) is 0 Å². The van der Waals surface area contributed by atoms with Crippen LogP contribution >= 0.6 is 51.5 Å². The third-order valence-electron chi connectivity index (χ3n) is 4.02. The van der Waals surface area contributed by atoms with Crippen LogP contribution in [0.4, 0.5) is 0 Å². The molecule has 0 heterocycles. The first-order valence-electron chi connectivity index (χ1n) is 8.69. The molecule has 150 valence electrons. The topological polar surface area (TPSA) is 30.5 Å². The molecule has 0 fully saturated rings. The second kappa shape index (κ2) is 12.0. The van der Waals surface area contributed by atoms with Gasteiger partial charge in [0.2, 0.25) is 0 Å². The van der Waals surface area contributed by atoms with Crippen molar-refractivity contribution in [3.63, 3.8) is 0 Å². The number of hydrogen-bond donors (Lipinski definition) is 1. The molecule has 2 aromatic rings. The smallest absolute Gasteiger partial charge is 0.175 e. The molecule has 2 rings (SSSR count). The minimum atomic E-state index is 0. The maximum absolute atomic E-state index is 6.23. The molecule has 0 saturated heterocycles. The lowest BCUT2D eigenvalue weighted by Gasteiger charge is -2.17. The van der Waals surface area contributed by atoms with Crippen LogP contribution in [0.25, 0.3) is 0 Å². The molecule has 0 aliphatic heterocycles. The number of nitrogens with one attached hydrogen (secondary N) is 1. The van der Waals surface area contributed by atoms with Crippen LogP contribution in [0.3, 0.4) is 0 Å². The van der Waals surface area contributed by atoms with Gasteiger partial charge in [-0.05, 0) is 66.0 Å². The summed E-state index contributed by atoms with van der Waals surface area (Å²) >= 11 is 15.8. The van der Waals surface area contributed by atoms with Gasteiger partial charge < -0.3 is 14.8 Å². The van der Waals surface area contributed by atoms with E-state index in [0.717, 1.165) is 28.6 Å². The van der Waals surface area contributed by atoms with Crippen molar-refractivity contribution in [3.05, 3.63) is 56.0 Å². The lowest BCUT2D eigenvalue weighted by molar-refractivity contribution is 0.267. The summed E-state index contributed by atoms with van der Waals surface area (Å²) in [6.07, 6.45) is 1.09. The molecule has 0 spiro atoms. The van der Waals surface area contributed by atoms with Crippen molar-refractivity contribution < 1.29 is 9.47 Å². The van der Waals surface area contributed by atoms with Crippen LogP contribution in [-0.4, -0.2) is 12.6 Å². The molecule has 0 radical (unpaired) electrons. The number of benzene rings is 2. The zero-order chi connectivity index (χ0) is 19.1. The SMILES string of the molecule is CCOc1cc(CNC(C)CC)cc(Br)c1OCc1ccc(Cl)cc1Cl.Cl. The van der Waals surface area contributed by atoms with Crippen LogP contribution in [0.2, 0.25) is 10.0 Å². The highest BCUT2D eigenvalue weighted by molar-refractivity contribution is 9.10. The molecule has 7 heteroatoms. The van der Waals surface area contributed by atoms with E-state index in [1.54, 1.807) is 12.1 Å². The summed E-state index contributed by atoms with van der Waals surface area (Å²) < 4.78 is 12.7. The molecule has 0 aliphatic rings. The first-order valence-corrected chi connectivity index (χ1v) is 10.2. The van der Waals surface area contributed by atoms with Crippen LogP contribution in [0.1, 0.15) is 38.3 Å². The fraction of sp³-hybridized carbons (Fsp3) is 0.400. The predicted octanol–water partition coefficient (Wildman–Crippen LogP) is 7.04. The fourth-order valence-corrected chi connectivity index (χ4v) is 3.42. The van der Waals surface area contributed by atoms with Gasteiger partial charge in [-0.1, -0.05) is 36.2 Å². The zero-order valence-electron chi connectivity index (χ0n) is 15.7. The molecule has 1 atom stereocenters. The molecule has 1 unspecified atom stereocenters. The van der Waals surface area contributed by atoms with E-state index in [1.807, 2.05) is 19.1 Å². The Balaban J connectivity index is 0.00000364. The summed E-state index contributed by atoms with van der Waals surface area (Å²) in [5, 5.41) is 4.68. The number of hydrogen-bond acceptors (Lipinski definition) is 3. The van der Waals surface area contributed by atoms with Gasteiger partial charge in [-0.2, -0.15) is 0 Å². The minimum absolute atomic E-state index is 0. The lowest BCUT2D eigenvalue weighted by atomic mass is 10.1. The lowest BCUT2D eigenvalue weighted by Crippen LogP contribution is -2.24. The Kier molecular flexibility index (Phi) is 10.9. The Hall–Kier alpha value is -0.650. The molecule has 1 N–H and O–H groups in total. The van der Waals surface area contributed by atoms with Crippen molar-refractivity contribution in [1.29, 1.82) is 0 Å². The van der Waals surface area contributed by atoms with Crippen LogP contribution in [0.5, 0.6) is 11.5 Å². The van der Waals surface area contributed by atoms with Gasteiger partial charge in [0.1, 0.15) is 6.61 Å². The fourth-order valence-electron chi connectivity index (χ4n) is 2.35. The van der Waals surface area contributed by atoms with Gasteiger partial charge >= 0.3 is 0 Å². The van der Waals surface area contributed by atoms with E-state index in [9.17, 15) is 0 Å². The van der Waals surface area contributed by atoms with Crippen molar-refractivity contribution in [1.82, 2.24) is 5.32 Å². The van der Waals surface area contributed by atoms with E-state index in [-0.39, 0.29) is 12.4 Å². The molecule has 0 amide bonds. The van der Waals surface area contributed by atoms with Gasteiger partial charge in [0.15, 0.2) is 11.5 Å². The third-order valence-corrected chi connectivity index (χ3v) is 5.20. The van der Waals surface area contributed by atoms with E-state index in [2.05, 4.69) is 41.2 Å². The summed E-state index contributed by atoms with van der Waals surface area (Å²) in [5.74, 6) is 1.39. The van der Waals surface area contributed by atoms with Gasteiger partial charge in [0.05, 0.1) is 11.1 Å². The van der Waals surface area contributed by atoms with Crippen LogP contribution < -0.4 is 14.8 Å². The summed E-state index contributed by atoms with van der Waals surface area (Å²) in [6, 6.07) is 9.91. The standard InChI is InChI=1S/C20H24BrCl2NO2.ClH/c1-4-13(3)24-11-14-8-17(21)20(19(9-14)25-5-2)26-12-15-6-7-16(22)10-18(15)23;/h6-10,13,24H,4-5,11-12H2,1-3H3;1H. The molecule has 27 heavy (non-hydrogen) atoms. The predicted molar refractivity (Wildman–Crippen MR) is 120 cm³/mol. The molecule has 0 aromatic heterocycles. The quantitative estimate of drug-likeness (QED) is 0.403. The average molecular weight is 498 g/mol. The van der Waals surface area contributed by atoms with Crippen molar-refractivity contribution >= 4 is 51.5 Å². The van der Waals surface area contributed by atoms with Gasteiger partial charge in [-0.25, -0.2) is 0 Å². The van der Waals surface area contributed by atoms with Gasteiger partial charge in [-0.3, -0.25) is 0 Å². The van der Waals surface area contributed by atoms with Crippen molar-refractivity contribution in [2.45, 2.75) is 46.4 Å². The Morgan fingerprint density at radius 3 is 2.48 bits per heavy atom. The van der Waals surface area contributed by atoms with E-state index in [1.165, 1.54) is 0 Å². The van der Waals surface area contributed by atoms with E-state index >= 15 is 0 Å². The van der Waals surface area contributed by atoms with E-state index in [0.29, 0.717) is 40.8 Å². The Labute approximate surface area is 186 Å². The number of halogens is 4. The maximum atomic E-state index is 6.23. The zero-order valence-corrected chi connectivity index (χ0v) is 19.6. The van der Waals surface area contributed by atoms with Crippen molar-refractivity contribution in [3.8, 4) is 11.5 Å². The highest BCUT2D eigenvalue weighted by atomic mass is 79.9. The second-order valence-electron chi connectivity index (χ2n) is 6.05. The van der Waals surface area contributed by atoms with Gasteiger partial charge in [0, 0.05) is 28.2 Å². The third kappa shape index (κ3) is 7.35. The maximum Gasteiger partial charge on any atom is 0.175 e. The highest BCUT2D eigenvalue weighted by Crippen LogP contribution is 2.38. The molecule has 2 aromatic carbocycles. The normalized spacial score (nSPS) is 11.6. The molecule has 3 nitrogen and oxygen atoms in total. The van der Waals surface area contributed by atoms with E-state index < -0.39 is 0 Å². The summed E-state index contributed by atoms with van der Waals surface area (Å²) in [6.45, 7) is 7.96. The first kappa shape index (κ1) is 24.4. The Bertz CT molecular complexity index is 743. The number of ether oxygens (including phenoxy) is 2. The molecular formula is C20H25BrCl3NO2. The number of rotatable bonds is 9. The Morgan fingerprint density at radius 1 is 1.11 bits per heavy atom. The summed E-state index contributed by atoms with van der Waals surface area (Å²) in [5.41, 5.74) is 2.01. The van der Waals surface area contributed by atoms with Crippen molar-refractivity contribution in [2.75, 3.05) is 6.61 Å². The largest absolute Gasteiger partial charge is 0.490 e. The summed E-state index contributed by atoms with van der Waals surface area (Å²) in [4.78, 5) is 0. The second-order valence-corrected chi connectivity index (χ2v) is 7.75. The van der Waals surface area contributed by atoms with Gasteiger partial charge in [-0.15, -0.1) is 12.4 Å².